The van der Waals surface area contributed by atoms with E-state index in [1.165, 1.54) is 0 Å². The topological polar surface area (TPSA) is 15.7 Å². The fourth-order valence-electron chi connectivity index (χ4n) is 1.67. The Balaban J connectivity index is 2.01. The molecule has 14 heavy (non-hydrogen) atoms. The molecule has 0 aromatic carbocycles. The van der Waals surface area contributed by atoms with Crippen molar-refractivity contribution in [3.63, 3.8) is 0 Å². The van der Waals surface area contributed by atoms with E-state index in [1.807, 2.05) is 53.9 Å². The predicted molar refractivity (Wildman–Crippen MR) is 53.2 cm³/mol. The standard InChI is InChI=1S/C11H10N2O/c1-2-6-10-11(7-3-1)14-13-9-5-4-8-12(10)13/h1-9,11H. The molecule has 0 N–H and O–H groups in total. The zero-order chi connectivity index (χ0) is 9.38. The first-order chi connectivity index (χ1) is 6.95. The molecule has 0 spiro atoms. The summed E-state index contributed by atoms with van der Waals surface area (Å²) in [5.41, 5.74) is 1.13. The molecule has 0 aromatic heterocycles. The Morgan fingerprint density at radius 3 is 2.93 bits per heavy atom. The molecule has 3 heteroatoms. The number of rotatable bonds is 0. The van der Waals surface area contributed by atoms with Crippen molar-refractivity contribution in [1.29, 1.82) is 0 Å². The molecule has 1 atom stereocenters. The second-order valence-corrected chi connectivity index (χ2v) is 3.22. The van der Waals surface area contributed by atoms with Gasteiger partial charge in [-0.2, -0.15) is 5.17 Å². The van der Waals surface area contributed by atoms with Gasteiger partial charge in [0.05, 0.1) is 11.9 Å². The van der Waals surface area contributed by atoms with Gasteiger partial charge in [-0.15, -0.1) is 0 Å². The first-order valence-electron chi connectivity index (χ1n) is 4.60. The van der Waals surface area contributed by atoms with Crippen molar-refractivity contribution >= 4 is 0 Å². The van der Waals surface area contributed by atoms with Crippen molar-refractivity contribution in [3.05, 3.63) is 60.6 Å². The monoisotopic (exact) mass is 186 g/mol. The fourth-order valence-corrected chi connectivity index (χ4v) is 1.67. The van der Waals surface area contributed by atoms with Crippen LogP contribution in [0.3, 0.4) is 0 Å². The first kappa shape index (κ1) is 7.64. The second kappa shape index (κ2) is 2.89. The number of allylic oxidation sites excluding steroid dienone is 6. The van der Waals surface area contributed by atoms with Crippen LogP contribution < -0.4 is 0 Å². The van der Waals surface area contributed by atoms with Gasteiger partial charge in [-0.1, -0.05) is 18.2 Å². The molecule has 0 radical (unpaired) electrons. The van der Waals surface area contributed by atoms with Gasteiger partial charge >= 0.3 is 0 Å². The lowest BCUT2D eigenvalue weighted by Gasteiger charge is -2.24. The molecule has 2 heterocycles. The molecule has 3 nitrogen and oxygen atoms in total. The van der Waals surface area contributed by atoms with E-state index in [2.05, 4.69) is 6.08 Å². The van der Waals surface area contributed by atoms with Gasteiger partial charge in [0.1, 0.15) is 6.10 Å². The molecule has 1 unspecified atom stereocenters. The van der Waals surface area contributed by atoms with Crippen LogP contribution in [0.5, 0.6) is 0 Å². The van der Waals surface area contributed by atoms with Crippen molar-refractivity contribution in [3.8, 4) is 0 Å². The molecule has 1 fully saturated rings. The van der Waals surface area contributed by atoms with E-state index in [9.17, 15) is 0 Å². The largest absolute Gasteiger partial charge is 0.240 e. The summed E-state index contributed by atoms with van der Waals surface area (Å²) in [5, 5.41) is 3.73. The molecule has 1 saturated heterocycles. The average Bonchev–Trinajstić information content (AvgIpc) is 2.42. The van der Waals surface area contributed by atoms with Crippen molar-refractivity contribution in [1.82, 2.24) is 10.2 Å². The van der Waals surface area contributed by atoms with E-state index in [-0.39, 0.29) is 6.10 Å². The van der Waals surface area contributed by atoms with Crippen molar-refractivity contribution < 1.29 is 4.84 Å². The summed E-state index contributed by atoms with van der Waals surface area (Å²) in [6.07, 6.45) is 18.0. The van der Waals surface area contributed by atoms with Gasteiger partial charge in [0.25, 0.3) is 0 Å². The lowest BCUT2D eigenvalue weighted by Crippen LogP contribution is -2.26. The molecule has 70 valence electrons. The lowest BCUT2D eigenvalue weighted by atomic mass is 10.2. The maximum Gasteiger partial charge on any atom is 0.148 e. The van der Waals surface area contributed by atoms with Crippen LogP contribution >= 0.6 is 0 Å². The minimum atomic E-state index is 0.0254. The fraction of sp³-hybridized carbons (Fsp3) is 0.0909. The summed E-state index contributed by atoms with van der Waals surface area (Å²) >= 11 is 0. The Morgan fingerprint density at radius 2 is 1.93 bits per heavy atom. The van der Waals surface area contributed by atoms with Gasteiger partial charge in [-0.3, -0.25) is 0 Å². The number of fused-ring (bicyclic) bond motifs is 3. The second-order valence-electron chi connectivity index (χ2n) is 3.22. The van der Waals surface area contributed by atoms with Crippen LogP contribution in [-0.2, 0) is 4.84 Å². The number of hydrazine groups is 1. The number of nitrogens with zero attached hydrogens (tertiary/aromatic N) is 2. The molecule has 0 saturated carbocycles. The summed E-state index contributed by atoms with van der Waals surface area (Å²) in [7, 11) is 0. The van der Waals surface area contributed by atoms with Crippen LogP contribution in [0.1, 0.15) is 0 Å². The van der Waals surface area contributed by atoms with Gasteiger partial charge in [-0.25, -0.2) is 9.85 Å². The van der Waals surface area contributed by atoms with Gasteiger partial charge in [-0.05, 0) is 24.3 Å². The molecule has 1 aliphatic carbocycles. The molecular formula is C11H10N2O. The molecule has 3 aliphatic rings. The van der Waals surface area contributed by atoms with Crippen LogP contribution in [0.2, 0.25) is 0 Å². The molecule has 2 aliphatic heterocycles. The molecule has 3 rings (SSSR count). The highest BCUT2D eigenvalue weighted by atomic mass is 16.7. The predicted octanol–water partition coefficient (Wildman–Crippen LogP) is 1.87. The maximum atomic E-state index is 5.68. The Labute approximate surface area is 82.5 Å². The van der Waals surface area contributed by atoms with Crippen molar-refractivity contribution in [2.24, 2.45) is 0 Å². The van der Waals surface area contributed by atoms with Gasteiger partial charge < -0.3 is 0 Å². The zero-order valence-corrected chi connectivity index (χ0v) is 7.58. The summed E-state index contributed by atoms with van der Waals surface area (Å²) < 4.78 is 0. The van der Waals surface area contributed by atoms with Gasteiger partial charge in [0.2, 0.25) is 0 Å². The Bertz CT molecular complexity index is 390. The highest BCUT2D eigenvalue weighted by Gasteiger charge is 2.32. The Hall–Kier alpha value is -1.74. The number of hydroxylamine groups is 1. The van der Waals surface area contributed by atoms with Crippen LogP contribution in [0, 0.1) is 0 Å². The van der Waals surface area contributed by atoms with E-state index in [0.717, 1.165) is 5.70 Å². The Morgan fingerprint density at radius 1 is 1.00 bits per heavy atom. The number of hydrogen-bond donors (Lipinski definition) is 0. The van der Waals surface area contributed by atoms with E-state index in [4.69, 9.17) is 4.84 Å². The van der Waals surface area contributed by atoms with Crippen LogP contribution in [0.15, 0.2) is 60.6 Å². The van der Waals surface area contributed by atoms with Crippen molar-refractivity contribution in [2.45, 2.75) is 6.10 Å². The normalized spacial score (nSPS) is 27.4. The summed E-state index contributed by atoms with van der Waals surface area (Å²) in [4.78, 5) is 5.68. The van der Waals surface area contributed by atoms with E-state index >= 15 is 0 Å². The van der Waals surface area contributed by atoms with E-state index in [0.29, 0.717) is 0 Å². The van der Waals surface area contributed by atoms with E-state index < -0.39 is 0 Å². The summed E-state index contributed by atoms with van der Waals surface area (Å²) in [6.45, 7) is 0. The lowest BCUT2D eigenvalue weighted by molar-refractivity contribution is -0.173. The maximum absolute atomic E-state index is 5.68. The summed E-state index contributed by atoms with van der Waals surface area (Å²) in [6, 6.07) is 0. The zero-order valence-electron chi connectivity index (χ0n) is 7.58. The van der Waals surface area contributed by atoms with Crippen LogP contribution in [-0.4, -0.2) is 16.3 Å². The van der Waals surface area contributed by atoms with E-state index in [1.54, 1.807) is 5.17 Å². The van der Waals surface area contributed by atoms with Crippen molar-refractivity contribution in [2.75, 3.05) is 0 Å². The number of hydrogen-bond acceptors (Lipinski definition) is 3. The van der Waals surface area contributed by atoms with Gasteiger partial charge in [0, 0.05) is 6.20 Å². The first-order valence-corrected chi connectivity index (χ1v) is 4.60. The van der Waals surface area contributed by atoms with Gasteiger partial charge in [0.15, 0.2) is 0 Å². The van der Waals surface area contributed by atoms with Crippen LogP contribution in [0.4, 0.5) is 0 Å². The van der Waals surface area contributed by atoms with Crippen LogP contribution in [0.25, 0.3) is 0 Å². The molecule has 0 aromatic rings. The average molecular weight is 186 g/mol. The molecule has 0 bridgehead atoms. The smallest absolute Gasteiger partial charge is 0.148 e. The summed E-state index contributed by atoms with van der Waals surface area (Å²) in [5.74, 6) is 0. The molecule has 0 amide bonds. The third-order valence-corrected chi connectivity index (χ3v) is 2.32. The SMILES string of the molecule is C1=CC=C2C(C=C1)ON1C=CC=CN21. The minimum Gasteiger partial charge on any atom is -0.240 e. The minimum absolute atomic E-state index is 0.0254. The Kier molecular flexibility index (Phi) is 1.58. The quantitative estimate of drug-likeness (QED) is 0.574. The highest BCUT2D eigenvalue weighted by Crippen LogP contribution is 2.29. The molecular weight excluding hydrogens is 176 g/mol. The third-order valence-electron chi connectivity index (χ3n) is 2.32. The third kappa shape index (κ3) is 1.03. The highest BCUT2D eigenvalue weighted by molar-refractivity contribution is 5.30.